The molecule has 1 aromatic rings. The number of halogens is 3. The Bertz CT molecular complexity index is 377. The standard InChI is InChI=1S/C13H18F3NO/c1-9(2)18-12(8-17-3)10-6-4-5-7-11(10)13(14,15)16/h4-7,9,12,17H,8H2,1-3H3/t12-/m1/s1. The Morgan fingerprint density at radius 1 is 1.22 bits per heavy atom. The normalized spacial score (nSPS) is 13.9. The molecule has 1 rings (SSSR count). The largest absolute Gasteiger partial charge is 0.416 e. The molecule has 0 aliphatic rings. The maximum atomic E-state index is 12.9. The van der Waals surface area contributed by atoms with Gasteiger partial charge in [0.25, 0.3) is 0 Å². The number of ether oxygens (including phenoxy) is 1. The van der Waals surface area contributed by atoms with Crippen LogP contribution in [0.3, 0.4) is 0 Å². The summed E-state index contributed by atoms with van der Waals surface area (Å²) >= 11 is 0. The van der Waals surface area contributed by atoms with E-state index in [2.05, 4.69) is 5.32 Å². The van der Waals surface area contributed by atoms with E-state index >= 15 is 0 Å². The summed E-state index contributed by atoms with van der Waals surface area (Å²) in [6, 6.07) is 5.53. The molecule has 0 saturated carbocycles. The molecule has 0 aliphatic heterocycles. The minimum absolute atomic E-state index is 0.135. The average molecular weight is 261 g/mol. The highest BCUT2D eigenvalue weighted by atomic mass is 19.4. The van der Waals surface area contributed by atoms with E-state index < -0.39 is 17.8 Å². The van der Waals surface area contributed by atoms with Gasteiger partial charge in [0.05, 0.1) is 17.8 Å². The number of hydrogen-bond donors (Lipinski definition) is 1. The molecule has 0 saturated heterocycles. The molecule has 1 aromatic carbocycles. The lowest BCUT2D eigenvalue weighted by Gasteiger charge is -2.23. The van der Waals surface area contributed by atoms with Gasteiger partial charge < -0.3 is 10.1 Å². The van der Waals surface area contributed by atoms with E-state index in [0.29, 0.717) is 6.54 Å². The van der Waals surface area contributed by atoms with E-state index in [4.69, 9.17) is 4.74 Å². The highest BCUT2D eigenvalue weighted by molar-refractivity contribution is 5.31. The zero-order valence-corrected chi connectivity index (χ0v) is 10.7. The first kappa shape index (κ1) is 15.0. The Morgan fingerprint density at radius 2 is 1.83 bits per heavy atom. The van der Waals surface area contributed by atoms with Crippen molar-refractivity contribution in [3.8, 4) is 0 Å². The van der Waals surface area contributed by atoms with Crippen LogP contribution in [0, 0.1) is 0 Å². The third-order valence-electron chi connectivity index (χ3n) is 2.44. The highest BCUT2D eigenvalue weighted by Gasteiger charge is 2.35. The topological polar surface area (TPSA) is 21.3 Å². The fourth-order valence-corrected chi connectivity index (χ4v) is 1.78. The molecule has 5 heteroatoms. The smallest absolute Gasteiger partial charge is 0.370 e. The number of benzene rings is 1. The molecule has 0 unspecified atom stereocenters. The van der Waals surface area contributed by atoms with Crippen molar-refractivity contribution in [1.82, 2.24) is 5.32 Å². The van der Waals surface area contributed by atoms with E-state index in [1.807, 2.05) is 0 Å². The van der Waals surface area contributed by atoms with Crippen LogP contribution in [0.2, 0.25) is 0 Å². The summed E-state index contributed by atoms with van der Waals surface area (Å²) in [5.41, 5.74) is -0.459. The molecule has 0 spiro atoms. The van der Waals surface area contributed by atoms with Gasteiger partial charge in [-0.05, 0) is 32.5 Å². The van der Waals surface area contributed by atoms with Gasteiger partial charge in [-0.2, -0.15) is 13.2 Å². The number of alkyl halides is 3. The van der Waals surface area contributed by atoms with Crippen molar-refractivity contribution >= 4 is 0 Å². The van der Waals surface area contributed by atoms with Gasteiger partial charge in [0.1, 0.15) is 0 Å². The van der Waals surface area contributed by atoms with Gasteiger partial charge in [-0.15, -0.1) is 0 Å². The molecule has 0 aromatic heterocycles. The zero-order chi connectivity index (χ0) is 13.8. The van der Waals surface area contributed by atoms with Crippen molar-refractivity contribution in [1.29, 1.82) is 0 Å². The first-order valence-electron chi connectivity index (χ1n) is 5.82. The number of nitrogens with one attached hydrogen (secondary N) is 1. The van der Waals surface area contributed by atoms with Crippen LogP contribution < -0.4 is 5.32 Å². The van der Waals surface area contributed by atoms with Crippen LogP contribution in [0.4, 0.5) is 13.2 Å². The molecule has 0 amide bonds. The number of rotatable bonds is 5. The van der Waals surface area contributed by atoms with Crippen LogP contribution in [-0.2, 0) is 10.9 Å². The van der Waals surface area contributed by atoms with Crippen molar-refractivity contribution in [2.45, 2.75) is 32.2 Å². The van der Waals surface area contributed by atoms with Crippen LogP contribution in [-0.4, -0.2) is 19.7 Å². The summed E-state index contributed by atoms with van der Waals surface area (Å²) < 4.78 is 44.3. The average Bonchev–Trinajstić information content (AvgIpc) is 2.27. The van der Waals surface area contributed by atoms with E-state index in [1.165, 1.54) is 12.1 Å². The summed E-state index contributed by atoms with van der Waals surface area (Å²) in [5.74, 6) is 0. The maximum absolute atomic E-state index is 12.9. The van der Waals surface area contributed by atoms with Gasteiger partial charge in [0.15, 0.2) is 0 Å². The fraction of sp³-hybridized carbons (Fsp3) is 0.538. The Hall–Kier alpha value is -1.07. The molecule has 0 heterocycles. The molecule has 1 N–H and O–H groups in total. The van der Waals surface area contributed by atoms with Gasteiger partial charge >= 0.3 is 6.18 Å². The molecular weight excluding hydrogens is 243 g/mol. The predicted molar refractivity (Wildman–Crippen MR) is 64.3 cm³/mol. The van der Waals surface area contributed by atoms with Gasteiger partial charge in [-0.1, -0.05) is 18.2 Å². The molecule has 0 aliphatic carbocycles. The number of hydrogen-bond acceptors (Lipinski definition) is 2. The molecule has 2 nitrogen and oxygen atoms in total. The fourth-order valence-electron chi connectivity index (χ4n) is 1.78. The second kappa shape index (κ2) is 6.20. The Morgan fingerprint density at radius 3 is 2.33 bits per heavy atom. The SMILES string of the molecule is CNC[C@@H](OC(C)C)c1ccccc1C(F)(F)F. The predicted octanol–water partition coefficient (Wildman–Crippen LogP) is 3.39. The third kappa shape index (κ3) is 3.99. The quantitative estimate of drug-likeness (QED) is 0.877. The van der Waals surface area contributed by atoms with E-state index in [1.54, 1.807) is 27.0 Å². The molecule has 0 radical (unpaired) electrons. The Labute approximate surface area is 105 Å². The molecule has 1 atom stereocenters. The van der Waals surface area contributed by atoms with E-state index in [9.17, 15) is 13.2 Å². The molecular formula is C13H18F3NO. The second-order valence-corrected chi connectivity index (χ2v) is 4.32. The highest BCUT2D eigenvalue weighted by Crippen LogP contribution is 2.35. The van der Waals surface area contributed by atoms with Crippen molar-refractivity contribution in [3.63, 3.8) is 0 Å². The van der Waals surface area contributed by atoms with Crippen LogP contribution in [0.5, 0.6) is 0 Å². The monoisotopic (exact) mass is 261 g/mol. The Balaban J connectivity index is 3.11. The molecule has 0 bridgehead atoms. The summed E-state index contributed by atoms with van der Waals surface area (Å²) in [6.07, 6.45) is -5.10. The first-order valence-corrected chi connectivity index (χ1v) is 5.82. The molecule has 0 fully saturated rings. The van der Waals surface area contributed by atoms with Crippen LogP contribution >= 0.6 is 0 Å². The van der Waals surface area contributed by atoms with Crippen LogP contribution in [0.15, 0.2) is 24.3 Å². The summed E-state index contributed by atoms with van der Waals surface area (Å²) in [6.45, 7) is 3.95. The lowest BCUT2D eigenvalue weighted by Crippen LogP contribution is -2.24. The minimum atomic E-state index is -4.36. The number of likely N-dealkylation sites (N-methyl/N-ethyl adjacent to an activating group) is 1. The second-order valence-electron chi connectivity index (χ2n) is 4.32. The molecule has 18 heavy (non-hydrogen) atoms. The lowest BCUT2D eigenvalue weighted by atomic mass is 10.0. The van der Waals surface area contributed by atoms with E-state index in [0.717, 1.165) is 6.07 Å². The summed E-state index contributed by atoms with van der Waals surface area (Å²) in [5, 5.41) is 2.86. The third-order valence-corrected chi connectivity index (χ3v) is 2.44. The lowest BCUT2D eigenvalue weighted by molar-refractivity contribution is -0.140. The van der Waals surface area contributed by atoms with E-state index in [-0.39, 0.29) is 11.7 Å². The van der Waals surface area contributed by atoms with Crippen molar-refractivity contribution in [2.75, 3.05) is 13.6 Å². The van der Waals surface area contributed by atoms with Crippen LogP contribution in [0.25, 0.3) is 0 Å². The van der Waals surface area contributed by atoms with Gasteiger partial charge in [-0.3, -0.25) is 0 Å². The van der Waals surface area contributed by atoms with Crippen molar-refractivity contribution < 1.29 is 17.9 Å². The first-order chi connectivity index (χ1) is 8.36. The van der Waals surface area contributed by atoms with Gasteiger partial charge in [0, 0.05) is 6.54 Å². The maximum Gasteiger partial charge on any atom is 0.416 e. The van der Waals surface area contributed by atoms with Crippen LogP contribution in [0.1, 0.15) is 31.1 Å². The van der Waals surface area contributed by atoms with Crippen molar-refractivity contribution in [2.24, 2.45) is 0 Å². The molecule has 102 valence electrons. The summed E-state index contributed by atoms with van der Waals surface area (Å²) in [4.78, 5) is 0. The Kier molecular flexibility index (Phi) is 5.16. The zero-order valence-electron chi connectivity index (χ0n) is 10.7. The van der Waals surface area contributed by atoms with Gasteiger partial charge in [-0.25, -0.2) is 0 Å². The summed E-state index contributed by atoms with van der Waals surface area (Å²) in [7, 11) is 1.69. The minimum Gasteiger partial charge on any atom is -0.370 e. The van der Waals surface area contributed by atoms with Crippen molar-refractivity contribution in [3.05, 3.63) is 35.4 Å². The van der Waals surface area contributed by atoms with Gasteiger partial charge in [0.2, 0.25) is 0 Å².